The van der Waals surface area contributed by atoms with Crippen LogP contribution < -0.4 is 5.32 Å². The summed E-state index contributed by atoms with van der Waals surface area (Å²) in [6.45, 7) is 5.51. The summed E-state index contributed by atoms with van der Waals surface area (Å²) < 4.78 is 9.33. The summed E-state index contributed by atoms with van der Waals surface area (Å²) in [5.41, 5.74) is 6.28. The smallest absolute Gasteiger partial charge is 0.318 e. The van der Waals surface area contributed by atoms with Gasteiger partial charge < -0.3 is 19.5 Å². The van der Waals surface area contributed by atoms with Crippen molar-refractivity contribution < 1.29 is 9.53 Å². The molecule has 0 fully saturated rings. The molecule has 2 amide bonds. The van der Waals surface area contributed by atoms with Crippen molar-refractivity contribution in [2.75, 3.05) is 20.3 Å². The van der Waals surface area contributed by atoms with Gasteiger partial charge in [-0.3, -0.25) is 0 Å². The molecule has 0 saturated heterocycles. The third kappa shape index (κ3) is 4.23. The number of rotatable bonds is 6. The fourth-order valence-corrected chi connectivity index (χ4v) is 4.80. The van der Waals surface area contributed by atoms with Crippen molar-refractivity contribution in [3.63, 3.8) is 0 Å². The number of para-hydroxylation sites is 1. The fourth-order valence-electron chi connectivity index (χ4n) is 4.80. The average Bonchev–Trinajstić information content (AvgIpc) is 3.45. The Labute approximate surface area is 205 Å². The molecule has 0 bridgehead atoms. The maximum atomic E-state index is 13.6. The van der Waals surface area contributed by atoms with Crippen molar-refractivity contribution in [1.82, 2.24) is 24.6 Å². The van der Waals surface area contributed by atoms with Gasteiger partial charge in [0.1, 0.15) is 5.82 Å². The van der Waals surface area contributed by atoms with Crippen molar-refractivity contribution in [3.8, 4) is 11.5 Å². The number of ether oxygens (including phenoxy) is 1. The number of aromatic nitrogens is 3. The van der Waals surface area contributed by atoms with E-state index in [0.29, 0.717) is 19.7 Å². The van der Waals surface area contributed by atoms with E-state index in [1.165, 1.54) is 5.56 Å². The second kappa shape index (κ2) is 9.80. The third-order valence-electron chi connectivity index (χ3n) is 6.63. The lowest BCUT2D eigenvalue weighted by Crippen LogP contribution is -2.43. The molecule has 1 aliphatic rings. The van der Waals surface area contributed by atoms with Crippen molar-refractivity contribution in [2.24, 2.45) is 0 Å². The zero-order chi connectivity index (χ0) is 24.4. The number of fused-ring (bicyclic) bond motifs is 3. The lowest BCUT2D eigenvalue weighted by Gasteiger charge is -2.31. The molecule has 2 aromatic heterocycles. The molecule has 35 heavy (non-hydrogen) atoms. The van der Waals surface area contributed by atoms with E-state index in [0.717, 1.165) is 40.4 Å². The quantitative estimate of drug-likeness (QED) is 0.413. The van der Waals surface area contributed by atoms with Gasteiger partial charge in [0.25, 0.3) is 0 Å². The Morgan fingerprint density at radius 2 is 1.86 bits per heavy atom. The normalized spacial score (nSPS) is 14.8. The number of nitrogens with zero attached hydrogens (tertiary/aromatic N) is 4. The van der Waals surface area contributed by atoms with Gasteiger partial charge in [0.2, 0.25) is 0 Å². The van der Waals surface area contributed by atoms with Gasteiger partial charge in [0.05, 0.1) is 36.3 Å². The maximum absolute atomic E-state index is 13.6. The van der Waals surface area contributed by atoms with E-state index in [1.807, 2.05) is 40.8 Å². The van der Waals surface area contributed by atoms with E-state index in [4.69, 9.17) is 9.84 Å². The van der Waals surface area contributed by atoms with E-state index in [9.17, 15) is 4.79 Å². The highest BCUT2D eigenvalue weighted by molar-refractivity contribution is 5.76. The van der Waals surface area contributed by atoms with Gasteiger partial charge in [0.15, 0.2) is 0 Å². The van der Waals surface area contributed by atoms with Crippen LogP contribution in [0, 0.1) is 6.92 Å². The highest BCUT2D eigenvalue weighted by Crippen LogP contribution is 2.38. The molecule has 4 aromatic rings. The molecular formula is C28H31N5O2. The lowest BCUT2D eigenvalue weighted by atomic mass is 10.00. The van der Waals surface area contributed by atoms with Gasteiger partial charge in [-0.2, -0.15) is 5.10 Å². The Bertz CT molecular complexity index is 1310. The predicted octanol–water partition coefficient (Wildman–Crippen LogP) is 4.79. The van der Waals surface area contributed by atoms with Crippen LogP contribution in [0.4, 0.5) is 4.79 Å². The Hall–Kier alpha value is -3.84. The molecular weight excluding hydrogens is 438 g/mol. The van der Waals surface area contributed by atoms with Crippen molar-refractivity contribution in [1.29, 1.82) is 0 Å². The second-order valence-electron chi connectivity index (χ2n) is 8.79. The molecule has 0 spiro atoms. The van der Waals surface area contributed by atoms with E-state index < -0.39 is 0 Å². The summed E-state index contributed by atoms with van der Waals surface area (Å²) >= 11 is 0. The van der Waals surface area contributed by atoms with Crippen LogP contribution in [0.5, 0.6) is 0 Å². The van der Waals surface area contributed by atoms with Crippen LogP contribution >= 0.6 is 0 Å². The van der Waals surface area contributed by atoms with Crippen molar-refractivity contribution >= 4 is 6.03 Å². The summed E-state index contributed by atoms with van der Waals surface area (Å²) in [5, 5.41) is 7.93. The first-order valence-corrected chi connectivity index (χ1v) is 12.1. The van der Waals surface area contributed by atoms with Gasteiger partial charge in [-0.25, -0.2) is 9.48 Å². The highest BCUT2D eigenvalue weighted by Gasteiger charge is 2.35. The number of aryl methyl sites for hydroxylation is 2. The zero-order valence-corrected chi connectivity index (χ0v) is 20.4. The van der Waals surface area contributed by atoms with E-state index in [-0.39, 0.29) is 12.1 Å². The first kappa shape index (κ1) is 22.9. The molecule has 7 heteroatoms. The molecule has 2 aromatic carbocycles. The summed E-state index contributed by atoms with van der Waals surface area (Å²) in [6, 6.07) is 22.5. The summed E-state index contributed by atoms with van der Waals surface area (Å²) in [7, 11) is 1.64. The molecule has 0 aliphatic carbocycles. The van der Waals surface area contributed by atoms with E-state index in [1.54, 1.807) is 7.11 Å². The summed E-state index contributed by atoms with van der Waals surface area (Å²) in [6.07, 6.45) is 3.04. The fraction of sp³-hybridized carbons (Fsp3) is 0.286. The molecule has 1 aliphatic heterocycles. The summed E-state index contributed by atoms with van der Waals surface area (Å²) in [4.78, 5) is 15.5. The van der Waals surface area contributed by atoms with Gasteiger partial charge in [-0.1, -0.05) is 49.4 Å². The number of amides is 2. The molecule has 7 nitrogen and oxygen atoms in total. The Morgan fingerprint density at radius 1 is 1.09 bits per heavy atom. The SMILES string of the molecule is CCc1ccc(C2c3cccn3-c3c(c(C)nn3-c3ccccc3)CN2C(=O)NCCOC)cc1. The van der Waals surface area contributed by atoms with Crippen molar-refractivity contribution in [2.45, 2.75) is 32.9 Å². The monoisotopic (exact) mass is 469 g/mol. The van der Waals surface area contributed by atoms with Crippen molar-refractivity contribution in [3.05, 3.63) is 101 Å². The molecule has 1 atom stereocenters. The van der Waals surface area contributed by atoms with Crippen LogP contribution in [0.25, 0.3) is 11.5 Å². The van der Waals surface area contributed by atoms with Crippen LogP contribution in [0.3, 0.4) is 0 Å². The van der Waals surface area contributed by atoms with E-state index >= 15 is 0 Å². The number of hydrogen-bond donors (Lipinski definition) is 1. The van der Waals surface area contributed by atoms with Crippen LogP contribution in [0.1, 0.15) is 41.0 Å². The summed E-state index contributed by atoms with van der Waals surface area (Å²) in [5.74, 6) is 0.969. The molecule has 5 rings (SSSR count). The number of urea groups is 1. The number of carbonyl (C=O) groups excluding carboxylic acids is 1. The Morgan fingerprint density at radius 3 is 2.57 bits per heavy atom. The van der Waals surface area contributed by atoms with Crippen LogP contribution in [0.2, 0.25) is 0 Å². The minimum atomic E-state index is -0.255. The number of benzene rings is 2. The van der Waals surface area contributed by atoms with Crippen LogP contribution in [-0.2, 0) is 17.7 Å². The minimum absolute atomic E-state index is 0.126. The average molecular weight is 470 g/mol. The van der Waals surface area contributed by atoms with Gasteiger partial charge in [-0.05, 0) is 48.7 Å². The second-order valence-corrected chi connectivity index (χ2v) is 8.79. The molecule has 180 valence electrons. The number of carbonyl (C=O) groups is 1. The molecule has 1 N–H and O–H groups in total. The first-order chi connectivity index (χ1) is 17.1. The van der Waals surface area contributed by atoms with E-state index in [2.05, 4.69) is 65.5 Å². The standard InChI is InChI=1S/C28H31N5O2/c1-4-21-12-14-22(15-13-21)26-25-11-8-17-31(25)27-24(19-32(26)28(34)29-16-18-35-3)20(2)30-33(27)23-9-6-5-7-10-23/h5-15,17,26H,4,16,18-19H2,1-3H3,(H,29,34). The molecule has 0 radical (unpaired) electrons. The molecule has 3 heterocycles. The van der Waals surface area contributed by atoms with Gasteiger partial charge >= 0.3 is 6.03 Å². The number of hydrogen-bond acceptors (Lipinski definition) is 3. The molecule has 1 unspecified atom stereocenters. The molecule has 0 saturated carbocycles. The van der Waals surface area contributed by atoms with Gasteiger partial charge in [0, 0.05) is 25.4 Å². The Kier molecular flexibility index (Phi) is 6.42. The lowest BCUT2D eigenvalue weighted by molar-refractivity contribution is 0.168. The van der Waals surface area contributed by atoms with Crippen LogP contribution in [0.15, 0.2) is 72.9 Å². The maximum Gasteiger partial charge on any atom is 0.318 e. The highest BCUT2D eigenvalue weighted by atomic mass is 16.5. The minimum Gasteiger partial charge on any atom is -0.383 e. The topological polar surface area (TPSA) is 64.3 Å². The largest absolute Gasteiger partial charge is 0.383 e. The number of methoxy groups -OCH3 is 1. The van der Waals surface area contributed by atoms with Gasteiger partial charge in [-0.15, -0.1) is 0 Å². The Balaban J connectivity index is 1.68. The zero-order valence-electron chi connectivity index (χ0n) is 20.4. The number of nitrogens with one attached hydrogen (secondary N) is 1. The first-order valence-electron chi connectivity index (χ1n) is 12.1. The third-order valence-corrected chi connectivity index (χ3v) is 6.63. The predicted molar refractivity (Wildman–Crippen MR) is 136 cm³/mol. The van der Waals surface area contributed by atoms with Crippen LogP contribution in [-0.4, -0.2) is 45.5 Å².